The third-order valence-corrected chi connectivity index (χ3v) is 12.4. The molecule has 65 heavy (non-hydrogen) atoms. The van der Waals surface area contributed by atoms with Crippen molar-refractivity contribution in [2.45, 2.75) is 0 Å². The van der Waals surface area contributed by atoms with Crippen molar-refractivity contribution in [3.05, 3.63) is 237 Å². The maximum atomic E-state index is 6.91. The van der Waals surface area contributed by atoms with Crippen molar-refractivity contribution in [1.82, 2.24) is 15.0 Å². The van der Waals surface area contributed by atoms with Crippen LogP contribution < -0.4 is 0 Å². The van der Waals surface area contributed by atoms with E-state index in [-0.39, 0.29) is 0 Å². The number of furan rings is 1. The maximum Gasteiger partial charge on any atom is 0.164 e. The van der Waals surface area contributed by atoms with Crippen LogP contribution in [-0.2, 0) is 0 Å². The molecular formula is C61H39N3O. The van der Waals surface area contributed by atoms with Gasteiger partial charge in [-0.1, -0.05) is 224 Å². The predicted octanol–water partition coefficient (Wildman–Crippen LogP) is 16.3. The van der Waals surface area contributed by atoms with Crippen molar-refractivity contribution in [1.29, 1.82) is 0 Å². The fraction of sp³-hybridized carbons (Fsp3) is 0. The van der Waals surface area contributed by atoms with Crippen LogP contribution in [0, 0.1) is 0 Å². The van der Waals surface area contributed by atoms with Crippen LogP contribution in [0.15, 0.2) is 241 Å². The normalized spacial score (nSPS) is 11.4. The summed E-state index contributed by atoms with van der Waals surface area (Å²) in [5.41, 5.74) is 15.6. The van der Waals surface area contributed by atoms with Crippen LogP contribution in [0.2, 0.25) is 0 Å². The third kappa shape index (κ3) is 7.04. The number of fused-ring (bicyclic) bond motifs is 4. The predicted molar refractivity (Wildman–Crippen MR) is 268 cm³/mol. The zero-order valence-electron chi connectivity index (χ0n) is 35.3. The van der Waals surface area contributed by atoms with Gasteiger partial charge in [0.15, 0.2) is 17.5 Å². The molecule has 0 radical (unpaired) electrons. The zero-order chi connectivity index (χ0) is 43.1. The van der Waals surface area contributed by atoms with Gasteiger partial charge >= 0.3 is 0 Å². The monoisotopic (exact) mass is 829 g/mol. The summed E-state index contributed by atoms with van der Waals surface area (Å²) < 4.78 is 6.91. The van der Waals surface area contributed by atoms with Gasteiger partial charge in [0, 0.05) is 33.0 Å². The Bertz CT molecular complexity index is 3670. The molecule has 304 valence electrons. The number of rotatable bonds is 8. The molecule has 0 unspecified atom stereocenters. The average Bonchev–Trinajstić information content (AvgIpc) is 3.79. The minimum atomic E-state index is 0.575. The number of hydrogen-bond acceptors (Lipinski definition) is 4. The highest BCUT2D eigenvalue weighted by Crippen LogP contribution is 2.44. The molecule has 0 atom stereocenters. The van der Waals surface area contributed by atoms with Gasteiger partial charge in [0.05, 0.1) is 0 Å². The van der Waals surface area contributed by atoms with Crippen molar-refractivity contribution in [2.24, 2.45) is 0 Å². The van der Waals surface area contributed by atoms with Crippen molar-refractivity contribution >= 4 is 32.7 Å². The number of hydrogen-bond donors (Lipinski definition) is 0. The first-order valence-electron chi connectivity index (χ1n) is 21.9. The van der Waals surface area contributed by atoms with Gasteiger partial charge < -0.3 is 4.42 Å². The summed E-state index contributed by atoms with van der Waals surface area (Å²) in [6, 6.07) is 82.9. The SMILES string of the molecule is c1ccc(-c2ccc(-c3nc(-c4ccc(-c5cccc6ccccc56)cc4)nc(-c4cccc5oc6c(-c7ccc(-c8ccccc8)cc7-c7ccccc7)cccc6c45)n3)cc2)cc1. The van der Waals surface area contributed by atoms with E-state index in [1.807, 2.05) is 18.2 Å². The Balaban J connectivity index is 1.01. The third-order valence-electron chi connectivity index (χ3n) is 12.4. The van der Waals surface area contributed by atoms with Crippen LogP contribution in [0.25, 0.3) is 123 Å². The fourth-order valence-electron chi connectivity index (χ4n) is 9.16. The molecule has 2 aromatic heterocycles. The highest BCUT2D eigenvalue weighted by Gasteiger charge is 2.21. The molecule has 0 amide bonds. The molecule has 12 rings (SSSR count). The molecule has 0 saturated carbocycles. The highest BCUT2D eigenvalue weighted by atomic mass is 16.3. The van der Waals surface area contributed by atoms with E-state index < -0.39 is 0 Å². The number of para-hydroxylation sites is 1. The summed E-state index contributed by atoms with van der Waals surface area (Å²) in [5.74, 6) is 1.77. The summed E-state index contributed by atoms with van der Waals surface area (Å²) in [6.07, 6.45) is 0. The molecule has 4 nitrogen and oxygen atoms in total. The zero-order valence-corrected chi connectivity index (χ0v) is 35.3. The topological polar surface area (TPSA) is 51.8 Å². The molecule has 12 aromatic rings. The van der Waals surface area contributed by atoms with Gasteiger partial charge in [0.1, 0.15) is 11.2 Å². The summed E-state index contributed by atoms with van der Waals surface area (Å²) in [6.45, 7) is 0. The molecule has 0 spiro atoms. The molecular weight excluding hydrogens is 791 g/mol. The quantitative estimate of drug-likeness (QED) is 0.153. The molecule has 0 bridgehead atoms. The Morgan fingerprint density at radius 1 is 0.262 bits per heavy atom. The van der Waals surface area contributed by atoms with Crippen molar-refractivity contribution in [3.63, 3.8) is 0 Å². The second-order valence-corrected chi connectivity index (χ2v) is 16.3. The minimum Gasteiger partial charge on any atom is -0.455 e. The Labute approximate surface area is 376 Å². The molecule has 0 aliphatic heterocycles. The Kier molecular flexibility index (Phi) is 9.46. The lowest BCUT2D eigenvalue weighted by atomic mass is 9.90. The second kappa shape index (κ2) is 16.2. The molecule has 10 aromatic carbocycles. The fourth-order valence-corrected chi connectivity index (χ4v) is 9.16. The van der Waals surface area contributed by atoms with Gasteiger partial charge in [-0.25, -0.2) is 15.0 Å². The first kappa shape index (κ1) is 38.0. The van der Waals surface area contributed by atoms with Crippen LogP contribution in [0.1, 0.15) is 0 Å². The largest absolute Gasteiger partial charge is 0.455 e. The van der Waals surface area contributed by atoms with E-state index in [1.54, 1.807) is 0 Å². The smallest absolute Gasteiger partial charge is 0.164 e. The average molecular weight is 830 g/mol. The van der Waals surface area contributed by atoms with Crippen LogP contribution >= 0.6 is 0 Å². The van der Waals surface area contributed by atoms with Crippen molar-refractivity contribution < 1.29 is 4.42 Å². The minimum absolute atomic E-state index is 0.575. The summed E-state index contributed by atoms with van der Waals surface area (Å²) in [4.78, 5) is 15.7. The van der Waals surface area contributed by atoms with Gasteiger partial charge in [0.25, 0.3) is 0 Å². The van der Waals surface area contributed by atoms with Crippen molar-refractivity contribution in [3.8, 4) is 89.8 Å². The van der Waals surface area contributed by atoms with Crippen molar-refractivity contribution in [2.75, 3.05) is 0 Å². The molecule has 2 heterocycles. The number of aromatic nitrogens is 3. The first-order valence-corrected chi connectivity index (χ1v) is 21.9. The van der Waals surface area contributed by atoms with E-state index >= 15 is 0 Å². The van der Waals surface area contributed by atoms with E-state index in [2.05, 4.69) is 218 Å². The lowest BCUT2D eigenvalue weighted by Crippen LogP contribution is -2.00. The van der Waals surface area contributed by atoms with E-state index in [4.69, 9.17) is 19.4 Å². The first-order chi connectivity index (χ1) is 32.2. The van der Waals surface area contributed by atoms with Crippen LogP contribution in [-0.4, -0.2) is 15.0 Å². The summed E-state index contributed by atoms with van der Waals surface area (Å²) in [5, 5.41) is 4.38. The molecule has 0 aliphatic rings. The molecule has 4 heteroatoms. The Morgan fingerprint density at radius 3 is 1.43 bits per heavy atom. The Morgan fingerprint density at radius 2 is 0.723 bits per heavy atom. The molecule has 0 aliphatic carbocycles. The summed E-state index contributed by atoms with van der Waals surface area (Å²) >= 11 is 0. The highest BCUT2D eigenvalue weighted by molar-refractivity contribution is 6.15. The van der Waals surface area contributed by atoms with E-state index in [1.165, 1.54) is 21.9 Å². The van der Waals surface area contributed by atoms with Gasteiger partial charge in [0.2, 0.25) is 0 Å². The molecule has 0 saturated heterocycles. The summed E-state index contributed by atoms with van der Waals surface area (Å²) in [7, 11) is 0. The van der Waals surface area contributed by atoms with Crippen LogP contribution in [0.4, 0.5) is 0 Å². The second-order valence-electron chi connectivity index (χ2n) is 16.3. The van der Waals surface area contributed by atoms with Gasteiger partial charge in [-0.15, -0.1) is 0 Å². The lowest BCUT2D eigenvalue weighted by molar-refractivity contribution is 0.670. The number of benzene rings is 10. The van der Waals surface area contributed by atoms with Gasteiger partial charge in [-0.2, -0.15) is 0 Å². The van der Waals surface area contributed by atoms with Gasteiger partial charge in [-0.3, -0.25) is 0 Å². The van der Waals surface area contributed by atoms with Gasteiger partial charge in [-0.05, 0) is 73.0 Å². The molecule has 0 fully saturated rings. The van der Waals surface area contributed by atoms with E-state index in [0.29, 0.717) is 17.5 Å². The van der Waals surface area contributed by atoms with Crippen LogP contribution in [0.3, 0.4) is 0 Å². The Hall–Kier alpha value is -8.73. The number of nitrogens with zero attached hydrogens (tertiary/aromatic N) is 3. The van der Waals surface area contributed by atoms with E-state index in [9.17, 15) is 0 Å². The van der Waals surface area contributed by atoms with Crippen LogP contribution in [0.5, 0.6) is 0 Å². The lowest BCUT2D eigenvalue weighted by Gasteiger charge is -2.13. The standard InChI is InChI=1S/C61H39N3O/c1-4-15-40(16-5-1)42-29-33-46(34-30-42)59-62-60(47-35-31-45(32-36-47)50-24-12-22-43-21-10-11-23-49(43)50)64-61(63-59)54-27-14-28-56-57(54)53-26-13-25-52(58(53)65-56)51-38-37-48(41-17-6-2-7-18-41)39-55(51)44-19-8-3-9-20-44/h1-39H. The molecule has 0 N–H and O–H groups in total. The maximum absolute atomic E-state index is 6.91. The van der Waals surface area contributed by atoms with E-state index in [0.717, 1.165) is 83.1 Å².